The summed E-state index contributed by atoms with van der Waals surface area (Å²) in [5.41, 5.74) is 0.732. The summed E-state index contributed by atoms with van der Waals surface area (Å²) in [5.74, 6) is 0.419. The van der Waals surface area contributed by atoms with E-state index in [2.05, 4.69) is 20.3 Å². The van der Waals surface area contributed by atoms with Crippen LogP contribution in [-0.2, 0) is 4.74 Å². The monoisotopic (exact) mass is 394 g/mol. The number of ether oxygens (including phenoxy) is 1. The van der Waals surface area contributed by atoms with Gasteiger partial charge in [-0.2, -0.15) is 0 Å². The van der Waals surface area contributed by atoms with Gasteiger partial charge in [0.2, 0.25) is 5.52 Å². The number of benzene rings is 2. The molecular formula is C15H11ClN4O5S. The standard InChI is InChI=1S/C15H11ClN4O5S/c16-9-2-1-3-10(8-9)17-15(21)24-6-7-26-12-5-4-11(20(22)23)13-14(12)19-25-18-13/h1-5,8H,6-7H2,(H,17,21). The summed E-state index contributed by atoms with van der Waals surface area (Å²) in [4.78, 5) is 22.8. The second-order valence-electron chi connectivity index (χ2n) is 4.92. The molecule has 0 bridgehead atoms. The fourth-order valence-corrected chi connectivity index (χ4v) is 3.11. The number of nitro groups is 1. The van der Waals surface area contributed by atoms with Crippen molar-refractivity contribution in [3.63, 3.8) is 0 Å². The van der Waals surface area contributed by atoms with E-state index in [0.29, 0.717) is 26.9 Å². The van der Waals surface area contributed by atoms with Crippen LogP contribution < -0.4 is 5.32 Å². The van der Waals surface area contributed by atoms with Crippen LogP contribution in [0.4, 0.5) is 16.2 Å². The Bertz CT molecular complexity index is 964. The lowest BCUT2D eigenvalue weighted by Crippen LogP contribution is -2.15. The zero-order valence-corrected chi connectivity index (χ0v) is 14.6. The van der Waals surface area contributed by atoms with E-state index in [4.69, 9.17) is 16.3 Å². The van der Waals surface area contributed by atoms with Crippen molar-refractivity contribution in [1.82, 2.24) is 10.3 Å². The molecule has 0 saturated heterocycles. The van der Waals surface area contributed by atoms with E-state index in [1.807, 2.05) is 0 Å². The van der Waals surface area contributed by atoms with Gasteiger partial charge in [-0.05, 0) is 34.6 Å². The molecule has 1 heterocycles. The molecule has 0 fully saturated rings. The van der Waals surface area contributed by atoms with E-state index in [0.717, 1.165) is 0 Å². The van der Waals surface area contributed by atoms with E-state index in [1.54, 1.807) is 30.3 Å². The van der Waals surface area contributed by atoms with Crippen molar-refractivity contribution in [3.8, 4) is 0 Å². The smallest absolute Gasteiger partial charge is 0.411 e. The molecule has 0 aliphatic heterocycles. The maximum atomic E-state index is 11.7. The molecule has 0 saturated carbocycles. The van der Waals surface area contributed by atoms with Crippen LogP contribution in [0.1, 0.15) is 0 Å². The number of nitrogens with one attached hydrogen (secondary N) is 1. The summed E-state index contributed by atoms with van der Waals surface area (Å²) in [6.07, 6.45) is -0.607. The SMILES string of the molecule is O=C(Nc1cccc(Cl)c1)OCCSc1ccc([N+](=O)[O-])c2nonc12. The quantitative estimate of drug-likeness (QED) is 0.287. The lowest BCUT2D eigenvalue weighted by molar-refractivity contribution is -0.383. The number of thioether (sulfide) groups is 1. The molecular weight excluding hydrogens is 384 g/mol. The highest BCUT2D eigenvalue weighted by atomic mass is 35.5. The summed E-state index contributed by atoms with van der Waals surface area (Å²) in [7, 11) is 0. The molecule has 0 unspecified atom stereocenters. The van der Waals surface area contributed by atoms with Crippen LogP contribution in [0.25, 0.3) is 11.0 Å². The predicted octanol–water partition coefficient (Wildman–Crippen LogP) is 4.13. The van der Waals surface area contributed by atoms with Gasteiger partial charge in [0, 0.05) is 27.4 Å². The van der Waals surface area contributed by atoms with Crippen LogP contribution in [0, 0.1) is 10.1 Å². The van der Waals surface area contributed by atoms with Gasteiger partial charge in [0.1, 0.15) is 6.61 Å². The Balaban J connectivity index is 1.53. The fraction of sp³-hybridized carbons (Fsp3) is 0.133. The van der Waals surface area contributed by atoms with Gasteiger partial charge >= 0.3 is 11.8 Å². The van der Waals surface area contributed by atoms with Gasteiger partial charge in [0.15, 0.2) is 5.52 Å². The van der Waals surface area contributed by atoms with Crippen molar-refractivity contribution in [2.24, 2.45) is 0 Å². The number of nitro benzene ring substituents is 1. The molecule has 134 valence electrons. The van der Waals surface area contributed by atoms with Crippen molar-refractivity contribution in [2.75, 3.05) is 17.7 Å². The zero-order valence-electron chi connectivity index (χ0n) is 13.0. The molecule has 9 nitrogen and oxygen atoms in total. The number of nitrogens with zero attached hydrogens (tertiary/aromatic N) is 3. The minimum Gasteiger partial charge on any atom is -0.448 e. The van der Waals surface area contributed by atoms with Crippen LogP contribution in [-0.4, -0.2) is 33.7 Å². The molecule has 0 spiro atoms. The highest BCUT2D eigenvalue weighted by Gasteiger charge is 2.19. The van der Waals surface area contributed by atoms with Gasteiger partial charge in [-0.15, -0.1) is 11.8 Å². The fourth-order valence-electron chi connectivity index (χ4n) is 2.10. The molecule has 26 heavy (non-hydrogen) atoms. The Kier molecular flexibility index (Phi) is 5.54. The Morgan fingerprint density at radius 3 is 2.88 bits per heavy atom. The number of halogens is 1. The van der Waals surface area contributed by atoms with Gasteiger partial charge in [0.25, 0.3) is 0 Å². The number of non-ortho nitro benzene ring substituents is 1. The summed E-state index contributed by atoms with van der Waals surface area (Å²) in [6, 6.07) is 9.58. The first-order chi connectivity index (χ1) is 12.5. The Hall–Kier alpha value is -2.85. The first-order valence-electron chi connectivity index (χ1n) is 7.26. The zero-order chi connectivity index (χ0) is 18.5. The van der Waals surface area contributed by atoms with E-state index in [1.165, 1.54) is 17.8 Å². The second kappa shape index (κ2) is 8.02. The molecule has 11 heteroatoms. The maximum Gasteiger partial charge on any atom is 0.411 e. The lowest BCUT2D eigenvalue weighted by atomic mass is 10.3. The van der Waals surface area contributed by atoms with Crippen LogP contribution >= 0.6 is 23.4 Å². The highest BCUT2D eigenvalue weighted by Crippen LogP contribution is 2.31. The molecule has 3 rings (SSSR count). The number of hydrogen-bond donors (Lipinski definition) is 1. The third-order valence-electron chi connectivity index (χ3n) is 3.20. The molecule has 1 amide bonds. The van der Waals surface area contributed by atoms with Crippen LogP contribution in [0.15, 0.2) is 45.9 Å². The van der Waals surface area contributed by atoms with E-state index >= 15 is 0 Å². The minimum atomic E-state index is -0.607. The molecule has 0 aliphatic rings. The summed E-state index contributed by atoms with van der Waals surface area (Å²) >= 11 is 7.15. The molecule has 2 aromatic carbocycles. The Labute approximate surface area is 155 Å². The lowest BCUT2D eigenvalue weighted by Gasteiger charge is -2.07. The van der Waals surface area contributed by atoms with Gasteiger partial charge in [-0.3, -0.25) is 15.4 Å². The summed E-state index contributed by atoms with van der Waals surface area (Å²) in [5, 5.41) is 21.3. The van der Waals surface area contributed by atoms with Crippen molar-refractivity contribution in [2.45, 2.75) is 4.90 Å². The number of amides is 1. The number of fused-ring (bicyclic) bond motifs is 1. The highest BCUT2D eigenvalue weighted by molar-refractivity contribution is 7.99. The van der Waals surface area contributed by atoms with Crippen LogP contribution in [0.2, 0.25) is 5.02 Å². The number of carbonyl (C=O) groups excluding carboxylic acids is 1. The number of aromatic nitrogens is 2. The molecule has 0 radical (unpaired) electrons. The number of carbonyl (C=O) groups is 1. The first-order valence-corrected chi connectivity index (χ1v) is 8.63. The third-order valence-corrected chi connectivity index (χ3v) is 4.45. The first kappa shape index (κ1) is 18.0. The van der Waals surface area contributed by atoms with Crippen LogP contribution in [0.3, 0.4) is 0 Å². The largest absolute Gasteiger partial charge is 0.448 e. The molecule has 0 atom stereocenters. The number of hydrogen-bond acceptors (Lipinski definition) is 8. The van der Waals surface area contributed by atoms with Gasteiger partial charge in [0.05, 0.1) is 4.92 Å². The average Bonchev–Trinajstić information content (AvgIpc) is 3.08. The Morgan fingerprint density at radius 1 is 1.31 bits per heavy atom. The summed E-state index contributed by atoms with van der Waals surface area (Å²) < 4.78 is 9.67. The molecule has 1 N–H and O–H groups in total. The molecule has 1 aromatic heterocycles. The molecule has 3 aromatic rings. The average molecular weight is 395 g/mol. The van der Waals surface area contributed by atoms with E-state index < -0.39 is 11.0 Å². The number of rotatable bonds is 6. The van der Waals surface area contributed by atoms with Crippen molar-refractivity contribution >= 4 is 51.9 Å². The van der Waals surface area contributed by atoms with Gasteiger partial charge in [-0.1, -0.05) is 17.7 Å². The van der Waals surface area contributed by atoms with Crippen molar-refractivity contribution in [3.05, 3.63) is 51.5 Å². The van der Waals surface area contributed by atoms with Crippen molar-refractivity contribution in [1.29, 1.82) is 0 Å². The predicted molar refractivity (Wildman–Crippen MR) is 95.6 cm³/mol. The summed E-state index contributed by atoms with van der Waals surface area (Å²) in [6.45, 7) is 0.126. The topological polar surface area (TPSA) is 120 Å². The maximum absolute atomic E-state index is 11.7. The second-order valence-corrected chi connectivity index (χ2v) is 6.49. The third kappa shape index (κ3) is 4.21. The molecule has 0 aliphatic carbocycles. The Morgan fingerprint density at radius 2 is 2.12 bits per heavy atom. The van der Waals surface area contributed by atoms with Crippen molar-refractivity contribution < 1.29 is 19.1 Å². The van der Waals surface area contributed by atoms with Gasteiger partial charge in [-0.25, -0.2) is 9.42 Å². The van der Waals surface area contributed by atoms with E-state index in [9.17, 15) is 14.9 Å². The van der Waals surface area contributed by atoms with Crippen LogP contribution in [0.5, 0.6) is 0 Å². The minimum absolute atomic E-state index is 0.0830. The number of anilines is 1. The van der Waals surface area contributed by atoms with Gasteiger partial charge < -0.3 is 4.74 Å². The van der Waals surface area contributed by atoms with E-state index in [-0.39, 0.29) is 17.8 Å². The normalized spacial score (nSPS) is 10.7.